The van der Waals surface area contributed by atoms with Crippen LogP contribution in [0.2, 0.25) is 0 Å². The van der Waals surface area contributed by atoms with Crippen molar-refractivity contribution >= 4 is 11.8 Å². The lowest BCUT2D eigenvalue weighted by atomic mass is 10.2. The molecular formula is C17H17FN2O2. The third kappa shape index (κ3) is 5.01. The van der Waals surface area contributed by atoms with Gasteiger partial charge in [0.15, 0.2) is 0 Å². The lowest BCUT2D eigenvalue weighted by molar-refractivity contribution is -0.129. The predicted octanol–water partition coefficient (Wildman–Crippen LogP) is 2.15. The minimum Gasteiger partial charge on any atom is -0.352 e. The molecule has 0 unspecified atom stereocenters. The van der Waals surface area contributed by atoms with Crippen molar-refractivity contribution in [2.75, 3.05) is 0 Å². The van der Waals surface area contributed by atoms with Gasteiger partial charge < -0.3 is 10.6 Å². The molecule has 0 aliphatic heterocycles. The van der Waals surface area contributed by atoms with Gasteiger partial charge in [-0.1, -0.05) is 48.5 Å². The Kier molecular flexibility index (Phi) is 5.65. The van der Waals surface area contributed by atoms with Gasteiger partial charge in [-0.2, -0.15) is 0 Å². The highest BCUT2D eigenvalue weighted by Crippen LogP contribution is 2.05. The number of carbonyl (C=O) groups excluding carboxylic acids is 2. The van der Waals surface area contributed by atoms with Gasteiger partial charge in [-0.15, -0.1) is 0 Å². The molecule has 0 radical (unpaired) electrons. The van der Waals surface area contributed by atoms with E-state index in [0.29, 0.717) is 12.1 Å². The van der Waals surface area contributed by atoms with Gasteiger partial charge in [0.25, 0.3) is 0 Å². The van der Waals surface area contributed by atoms with Crippen molar-refractivity contribution in [1.82, 2.24) is 10.6 Å². The zero-order chi connectivity index (χ0) is 15.8. The van der Waals surface area contributed by atoms with Crippen molar-refractivity contribution in [2.24, 2.45) is 0 Å². The normalized spacial score (nSPS) is 10.0. The van der Waals surface area contributed by atoms with Crippen molar-refractivity contribution in [2.45, 2.75) is 19.5 Å². The molecule has 0 aliphatic carbocycles. The molecule has 0 saturated heterocycles. The van der Waals surface area contributed by atoms with Gasteiger partial charge in [-0.05, 0) is 11.6 Å². The molecule has 0 fully saturated rings. The zero-order valence-electron chi connectivity index (χ0n) is 12.0. The second-order valence-electron chi connectivity index (χ2n) is 4.81. The van der Waals surface area contributed by atoms with Crippen LogP contribution in [-0.2, 0) is 22.7 Å². The lowest BCUT2D eigenvalue weighted by Crippen LogP contribution is -2.31. The van der Waals surface area contributed by atoms with E-state index in [1.807, 2.05) is 30.3 Å². The molecule has 0 saturated carbocycles. The Bertz CT molecular complexity index is 644. The van der Waals surface area contributed by atoms with Crippen LogP contribution in [0.3, 0.4) is 0 Å². The molecule has 0 aliphatic rings. The Hall–Kier alpha value is -2.69. The molecule has 0 bridgehead atoms. The van der Waals surface area contributed by atoms with Gasteiger partial charge in [-0.3, -0.25) is 9.59 Å². The minimum absolute atomic E-state index is 0.0669. The third-order valence-corrected chi connectivity index (χ3v) is 3.09. The van der Waals surface area contributed by atoms with E-state index in [9.17, 15) is 14.0 Å². The fourth-order valence-electron chi connectivity index (χ4n) is 1.90. The molecule has 4 nitrogen and oxygen atoms in total. The van der Waals surface area contributed by atoms with Gasteiger partial charge in [0.1, 0.15) is 12.2 Å². The molecule has 0 spiro atoms. The first kappa shape index (κ1) is 15.7. The summed E-state index contributed by atoms with van der Waals surface area (Å²) < 4.78 is 13.4. The van der Waals surface area contributed by atoms with Crippen LogP contribution in [0.4, 0.5) is 4.39 Å². The summed E-state index contributed by atoms with van der Waals surface area (Å²) in [5.74, 6) is -1.18. The van der Waals surface area contributed by atoms with Gasteiger partial charge in [0.2, 0.25) is 11.8 Å². The van der Waals surface area contributed by atoms with Crippen LogP contribution < -0.4 is 10.6 Å². The Labute approximate surface area is 128 Å². The summed E-state index contributed by atoms with van der Waals surface area (Å²) in [6, 6.07) is 15.6. The lowest BCUT2D eigenvalue weighted by Gasteiger charge is -2.07. The van der Waals surface area contributed by atoms with Gasteiger partial charge in [0.05, 0.1) is 0 Å². The van der Waals surface area contributed by atoms with E-state index in [-0.39, 0.29) is 24.7 Å². The van der Waals surface area contributed by atoms with Crippen molar-refractivity contribution in [1.29, 1.82) is 0 Å². The molecule has 2 aromatic rings. The number of benzene rings is 2. The van der Waals surface area contributed by atoms with E-state index in [2.05, 4.69) is 10.6 Å². The zero-order valence-corrected chi connectivity index (χ0v) is 12.0. The second-order valence-corrected chi connectivity index (χ2v) is 4.81. The quantitative estimate of drug-likeness (QED) is 0.803. The number of hydrogen-bond acceptors (Lipinski definition) is 2. The molecule has 2 rings (SSSR count). The SMILES string of the molecule is O=C(CC(=O)NCc1ccccc1F)NCc1ccccc1. The summed E-state index contributed by atoms with van der Waals surface area (Å²) >= 11 is 0. The van der Waals surface area contributed by atoms with Crippen molar-refractivity contribution < 1.29 is 14.0 Å². The van der Waals surface area contributed by atoms with E-state index >= 15 is 0 Å². The van der Waals surface area contributed by atoms with Crippen molar-refractivity contribution in [3.05, 3.63) is 71.5 Å². The van der Waals surface area contributed by atoms with Gasteiger partial charge in [0, 0.05) is 18.7 Å². The number of carbonyl (C=O) groups is 2. The Balaban J connectivity index is 1.72. The number of rotatable bonds is 6. The number of halogens is 1. The van der Waals surface area contributed by atoms with Crippen LogP contribution in [-0.4, -0.2) is 11.8 Å². The van der Waals surface area contributed by atoms with E-state index in [0.717, 1.165) is 5.56 Å². The first-order valence-corrected chi connectivity index (χ1v) is 6.96. The maximum atomic E-state index is 13.4. The number of hydrogen-bond donors (Lipinski definition) is 2. The molecule has 0 heterocycles. The van der Waals surface area contributed by atoms with Gasteiger partial charge in [-0.25, -0.2) is 4.39 Å². The maximum Gasteiger partial charge on any atom is 0.229 e. The van der Waals surface area contributed by atoms with Gasteiger partial charge >= 0.3 is 0 Å². The summed E-state index contributed by atoms with van der Waals surface area (Å²) in [5.41, 5.74) is 1.35. The second kappa shape index (κ2) is 7.93. The average molecular weight is 300 g/mol. The predicted molar refractivity (Wildman–Crippen MR) is 81.2 cm³/mol. The largest absolute Gasteiger partial charge is 0.352 e. The average Bonchev–Trinajstić information content (AvgIpc) is 2.53. The van der Waals surface area contributed by atoms with E-state index in [4.69, 9.17) is 0 Å². The molecule has 0 aromatic heterocycles. The van der Waals surface area contributed by atoms with Crippen LogP contribution in [0.15, 0.2) is 54.6 Å². The molecule has 5 heteroatoms. The molecular weight excluding hydrogens is 283 g/mol. The highest BCUT2D eigenvalue weighted by Gasteiger charge is 2.09. The Morgan fingerprint density at radius 2 is 1.41 bits per heavy atom. The number of amides is 2. The van der Waals surface area contributed by atoms with Crippen LogP contribution >= 0.6 is 0 Å². The topological polar surface area (TPSA) is 58.2 Å². The fraction of sp³-hybridized carbons (Fsp3) is 0.176. The van der Waals surface area contributed by atoms with Crippen molar-refractivity contribution in [3.8, 4) is 0 Å². The molecule has 0 atom stereocenters. The smallest absolute Gasteiger partial charge is 0.229 e. The maximum absolute atomic E-state index is 13.4. The Morgan fingerprint density at radius 1 is 0.818 bits per heavy atom. The summed E-state index contributed by atoms with van der Waals surface area (Å²) in [6.45, 7) is 0.442. The van der Waals surface area contributed by atoms with E-state index in [1.165, 1.54) is 6.07 Å². The molecule has 114 valence electrons. The van der Waals surface area contributed by atoms with E-state index in [1.54, 1.807) is 18.2 Å². The van der Waals surface area contributed by atoms with Crippen LogP contribution in [0, 0.1) is 5.82 Å². The van der Waals surface area contributed by atoms with Crippen LogP contribution in [0.25, 0.3) is 0 Å². The summed E-state index contributed by atoms with van der Waals surface area (Å²) in [6.07, 6.45) is -0.277. The highest BCUT2D eigenvalue weighted by atomic mass is 19.1. The monoisotopic (exact) mass is 300 g/mol. The standard InChI is InChI=1S/C17H17FN2O2/c18-15-9-5-4-8-14(15)12-20-17(22)10-16(21)19-11-13-6-2-1-3-7-13/h1-9H,10-12H2,(H,19,21)(H,20,22). The molecule has 22 heavy (non-hydrogen) atoms. The van der Waals surface area contributed by atoms with Crippen LogP contribution in [0.5, 0.6) is 0 Å². The summed E-state index contributed by atoms with van der Waals surface area (Å²) in [5, 5.41) is 5.19. The third-order valence-electron chi connectivity index (χ3n) is 3.09. The summed E-state index contributed by atoms with van der Waals surface area (Å²) in [7, 11) is 0. The van der Waals surface area contributed by atoms with E-state index < -0.39 is 5.91 Å². The summed E-state index contributed by atoms with van der Waals surface area (Å²) in [4.78, 5) is 23.3. The van der Waals surface area contributed by atoms with Crippen molar-refractivity contribution in [3.63, 3.8) is 0 Å². The first-order chi connectivity index (χ1) is 10.6. The fourth-order valence-corrected chi connectivity index (χ4v) is 1.90. The molecule has 2 aromatic carbocycles. The first-order valence-electron chi connectivity index (χ1n) is 6.96. The molecule has 2 N–H and O–H groups in total. The minimum atomic E-state index is -0.436. The highest BCUT2D eigenvalue weighted by molar-refractivity contribution is 5.96. The number of nitrogens with one attached hydrogen (secondary N) is 2. The van der Waals surface area contributed by atoms with Crippen LogP contribution in [0.1, 0.15) is 17.5 Å². The molecule has 2 amide bonds. The Morgan fingerprint density at radius 3 is 2.09 bits per heavy atom.